The van der Waals surface area contributed by atoms with Gasteiger partial charge in [0.1, 0.15) is 0 Å². The molecule has 174 valence electrons. The summed E-state index contributed by atoms with van der Waals surface area (Å²) < 4.78 is 0. The van der Waals surface area contributed by atoms with Gasteiger partial charge in [0.2, 0.25) is 0 Å². The average molecular weight is 479 g/mol. The molecule has 1 fully saturated rings. The number of hydrogen-bond acceptors (Lipinski definition) is 2. The quantitative estimate of drug-likeness (QED) is 0.334. The molecule has 0 aliphatic heterocycles. The Bertz CT molecular complexity index is 1010. The molecule has 1 saturated carbocycles. The maximum absolute atomic E-state index is 11.3. The highest BCUT2D eigenvalue weighted by molar-refractivity contribution is 7.82. The number of hydrogen-bond donors (Lipinski definition) is 2. The Kier molecular flexibility index (Phi) is 7.78. The van der Waals surface area contributed by atoms with E-state index in [-0.39, 0.29) is 11.5 Å². The number of rotatable bonds is 6. The second-order valence-corrected chi connectivity index (χ2v) is 14.3. The lowest BCUT2D eigenvalue weighted by Crippen LogP contribution is -2.37. The topological polar surface area (TPSA) is 40.5 Å². The Hall–Kier alpha value is -1.88. The van der Waals surface area contributed by atoms with Gasteiger partial charge in [0.15, 0.2) is 11.5 Å². The first-order valence-electron chi connectivity index (χ1n) is 12.1. The van der Waals surface area contributed by atoms with Crippen molar-refractivity contribution < 1.29 is 10.2 Å². The van der Waals surface area contributed by atoms with Crippen molar-refractivity contribution in [2.24, 2.45) is 17.8 Å². The van der Waals surface area contributed by atoms with Crippen molar-refractivity contribution in [3.05, 3.63) is 72.8 Å². The van der Waals surface area contributed by atoms with Crippen LogP contribution in [0.1, 0.15) is 40.0 Å². The number of aromatic hydroxyl groups is 2. The third-order valence-electron chi connectivity index (χ3n) is 7.23. The summed E-state index contributed by atoms with van der Waals surface area (Å²) >= 11 is 0. The summed E-state index contributed by atoms with van der Waals surface area (Å²) in [4.78, 5) is 0. The Labute approximate surface area is 201 Å². The highest BCUT2D eigenvalue weighted by atomic mass is 31.1. The number of phenolic OH excluding ortho intramolecular Hbond substituents is 2. The molecule has 3 aromatic rings. The molecule has 2 nitrogen and oxygen atoms in total. The van der Waals surface area contributed by atoms with Gasteiger partial charge in [-0.3, -0.25) is 0 Å². The summed E-state index contributed by atoms with van der Waals surface area (Å²) in [6.45, 7) is 9.54. The van der Waals surface area contributed by atoms with Crippen LogP contribution in [0.25, 0.3) is 0 Å². The molecule has 0 bridgehead atoms. The zero-order chi connectivity index (χ0) is 23.5. The van der Waals surface area contributed by atoms with Crippen LogP contribution in [-0.2, 0) is 0 Å². The van der Waals surface area contributed by atoms with E-state index in [4.69, 9.17) is 0 Å². The van der Waals surface area contributed by atoms with Crippen molar-refractivity contribution in [1.82, 2.24) is 0 Å². The van der Waals surface area contributed by atoms with E-state index in [1.165, 1.54) is 35.2 Å². The van der Waals surface area contributed by atoms with Crippen LogP contribution < -0.4 is 21.2 Å². The molecule has 1 aliphatic carbocycles. The van der Waals surface area contributed by atoms with Gasteiger partial charge in [0.25, 0.3) is 0 Å². The Morgan fingerprint density at radius 2 is 1.39 bits per heavy atom. The predicted molar refractivity (Wildman–Crippen MR) is 146 cm³/mol. The molecule has 2 N–H and O–H groups in total. The average Bonchev–Trinajstić information content (AvgIpc) is 2.83. The Morgan fingerprint density at radius 3 is 1.94 bits per heavy atom. The molecular formula is C29H36O2P2. The molecule has 0 radical (unpaired) electrons. The van der Waals surface area contributed by atoms with Crippen molar-refractivity contribution in [2.75, 3.05) is 6.66 Å². The molecule has 4 heteroatoms. The van der Waals surface area contributed by atoms with Crippen LogP contribution in [0, 0.1) is 17.8 Å². The van der Waals surface area contributed by atoms with Crippen molar-refractivity contribution in [3.63, 3.8) is 0 Å². The second kappa shape index (κ2) is 10.6. The first kappa shape index (κ1) is 24.3. The zero-order valence-electron chi connectivity index (χ0n) is 20.1. The highest BCUT2D eigenvalue weighted by Gasteiger charge is 2.37. The lowest BCUT2D eigenvalue weighted by atomic mass is 9.77. The van der Waals surface area contributed by atoms with Crippen LogP contribution >= 0.6 is 15.8 Å². The molecular weight excluding hydrogens is 442 g/mol. The largest absolute Gasteiger partial charge is 0.504 e. The molecule has 0 heterocycles. The van der Waals surface area contributed by atoms with Crippen LogP contribution in [0.2, 0.25) is 0 Å². The van der Waals surface area contributed by atoms with Gasteiger partial charge in [0, 0.05) is 5.30 Å². The number of phenols is 2. The van der Waals surface area contributed by atoms with Crippen LogP contribution in [0.15, 0.2) is 72.8 Å². The van der Waals surface area contributed by atoms with Crippen molar-refractivity contribution >= 4 is 37.1 Å². The monoisotopic (exact) mass is 478 g/mol. The van der Waals surface area contributed by atoms with Gasteiger partial charge >= 0.3 is 0 Å². The standard InChI is InChI=1S/C29H36O2P2/c1-20(2)24-16-15-21(3)19-27(24)32(4)26-18-17-25(30)28(31)29(26)33(22-11-7-5-8-12-22)23-13-9-6-10-14-23/h5-14,17-18,20-21,24,27,30-31H,15-16,19H2,1-4H3/t21-,24+,27-,32?/m1/s1. The fourth-order valence-electron chi connectivity index (χ4n) is 5.40. The normalized spacial score (nSPS) is 21.9. The molecule has 4 rings (SSSR count). The Balaban J connectivity index is 1.89. The van der Waals surface area contributed by atoms with Gasteiger partial charge in [-0.1, -0.05) is 95.8 Å². The van der Waals surface area contributed by atoms with Gasteiger partial charge in [-0.2, -0.15) is 0 Å². The lowest BCUT2D eigenvalue weighted by Gasteiger charge is -2.42. The third kappa shape index (κ3) is 5.13. The zero-order valence-corrected chi connectivity index (χ0v) is 21.9. The highest BCUT2D eigenvalue weighted by Crippen LogP contribution is 2.52. The van der Waals surface area contributed by atoms with Gasteiger partial charge in [-0.05, 0) is 78.9 Å². The van der Waals surface area contributed by atoms with E-state index < -0.39 is 15.8 Å². The minimum absolute atomic E-state index is 0.0195. The predicted octanol–water partition coefficient (Wildman–Crippen LogP) is 6.05. The van der Waals surface area contributed by atoms with Gasteiger partial charge < -0.3 is 10.2 Å². The summed E-state index contributed by atoms with van der Waals surface area (Å²) in [5, 5.41) is 26.5. The van der Waals surface area contributed by atoms with Crippen LogP contribution in [-0.4, -0.2) is 22.5 Å². The van der Waals surface area contributed by atoms with E-state index in [1.807, 2.05) is 12.1 Å². The van der Waals surface area contributed by atoms with E-state index in [2.05, 4.69) is 82.0 Å². The maximum atomic E-state index is 11.3. The Morgan fingerprint density at radius 1 is 0.818 bits per heavy atom. The first-order valence-corrected chi connectivity index (χ1v) is 15.3. The lowest BCUT2D eigenvalue weighted by molar-refractivity contribution is 0.242. The smallest absolute Gasteiger partial charge is 0.166 e. The first-order chi connectivity index (χ1) is 15.9. The third-order valence-corrected chi connectivity index (χ3v) is 12.7. The molecule has 33 heavy (non-hydrogen) atoms. The minimum atomic E-state index is -0.992. The van der Waals surface area contributed by atoms with Crippen LogP contribution in [0.3, 0.4) is 0 Å². The maximum Gasteiger partial charge on any atom is 0.166 e. The molecule has 0 spiro atoms. The van der Waals surface area contributed by atoms with E-state index in [1.54, 1.807) is 6.07 Å². The molecule has 0 aromatic heterocycles. The molecule has 0 amide bonds. The second-order valence-electron chi connectivity index (χ2n) is 9.81. The van der Waals surface area contributed by atoms with Gasteiger partial charge in [0.05, 0.1) is 0 Å². The summed E-state index contributed by atoms with van der Waals surface area (Å²) in [7, 11) is -1.50. The molecule has 1 aliphatic rings. The summed E-state index contributed by atoms with van der Waals surface area (Å²) in [5.41, 5.74) is 0.634. The SMILES string of the molecule is CC(C)[C@@H]1CC[C@@H](C)C[C@H]1P(C)c1ccc(O)c(O)c1P(c1ccccc1)c1ccccc1. The van der Waals surface area contributed by atoms with E-state index in [0.717, 1.165) is 11.2 Å². The number of benzene rings is 3. The fourth-order valence-corrected chi connectivity index (χ4v) is 11.4. The van der Waals surface area contributed by atoms with E-state index in [0.29, 0.717) is 17.5 Å². The van der Waals surface area contributed by atoms with E-state index in [9.17, 15) is 10.2 Å². The van der Waals surface area contributed by atoms with Crippen LogP contribution in [0.5, 0.6) is 11.5 Å². The van der Waals surface area contributed by atoms with Crippen molar-refractivity contribution in [2.45, 2.75) is 45.7 Å². The fraction of sp³-hybridized carbons (Fsp3) is 0.379. The van der Waals surface area contributed by atoms with E-state index >= 15 is 0 Å². The van der Waals surface area contributed by atoms with Crippen molar-refractivity contribution in [1.29, 1.82) is 0 Å². The van der Waals surface area contributed by atoms with Gasteiger partial charge in [-0.15, -0.1) is 0 Å². The van der Waals surface area contributed by atoms with Crippen LogP contribution in [0.4, 0.5) is 0 Å². The molecule has 3 aromatic carbocycles. The summed E-state index contributed by atoms with van der Waals surface area (Å²) in [6.07, 6.45) is 3.86. The summed E-state index contributed by atoms with van der Waals surface area (Å²) in [5.74, 6) is 2.15. The van der Waals surface area contributed by atoms with Crippen molar-refractivity contribution in [3.8, 4) is 11.5 Å². The molecule has 0 saturated heterocycles. The summed E-state index contributed by atoms with van der Waals surface area (Å²) in [6, 6.07) is 24.8. The molecule has 4 atom stereocenters. The minimum Gasteiger partial charge on any atom is -0.504 e. The van der Waals surface area contributed by atoms with Gasteiger partial charge in [-0.25, -0.2) is 0 Å². The molecule has 1 unspecified atom stereocenters.